The van der Waals surface area contributed by atoms with E-state index in [4.69, 9.17) is 4.74 Å². The molecule has 0 N–H and O–H groups in total. The molecule has 1 saturated heterocycles. The maximum absolute atomic E-state index is 11.8. The fourth-order valence-electron chi connectivity index (χ4n) is 8.16. The molecule has 7 fully saturated rings. The topological polar surface area (TPSA) is 43.4 Å². The molecule has 0 spiro atoms. The van der Waals surface area contributed by atoms with Crippen LogP contribution in [0.1, 0.15) is 13.8 Å². The minimum Gasteiger partial charge on any atom is -0.393 e. The SMILES string of the molecule is CC12[C@@H]3C4[C@H]5C(=O)OC(=O)[C@H]5C5[C@H]([C@H]41)C2(C)[C@@H]53. The van der Waals surface area contributed by atoms with E-state index in [0.29, 0.717) is 22.7 Å². The van der Waals surface area contributed by atoms with Gasteiger partial charge in [-0.05, 0) is 46.3 Å². The Balaban J connectivity index is 1.58. The van der Waals surface area contributed by atoms with Crippen molar-refractivity contribution in [1.29, 1.82) is 0 Å². The number of esters is 2. The van der Waals surface area contributed by atoms with Gasteiger partial charge in [0.05, 0.1) is 11.8 Å². The lowest BCUT2D eigenvalue weighted by molar-refractivity contribution is -0.571. The Morgan fingerprint density at radius 3 is 1.53 bits per heavy atom. The molecule has 2 bridgehead atoms. The molecule has 6 saturated carbocycles. The van der Waals surface area contributed by atoms with Crippen LogP contribution in [0.4, 0.5) is 0 Å². The van der Waals surface area contributed by atoms with E-state index in [1.165, 1.54) is 0 Å². The molecule has 1 aliphatic heterocycles. The zero-order valence-corrected chi connectivity index (χ0v) is 9.84. The van der Waals surface area contributed by atoms with Crippen molar-refractivity contribution < 1.29 is 14.3 Å². The van der Waals surface area contributed by atoms with E-state index in [0.717, 1.165) is 23.7 Å². The minimum absolute atomic E-state index is 0.0482. The summed E-state index contributed by atoms with van der Waals surface area (Å²) in [6.07, 6.45) is 0. The molecule has 10 atom stereocenters. The molecule has 3 nitrogen and oxygen atoms in total. The van der Waals surface area contributed by atoms with Gasteiger partial charge in [0.1, 0.15) is 0 Å². The lowest BCUT2D eigenvalue weighted by Gasteiger charge is -3.03. The van der Waals surface area contributed by atoms with Crippen LogP contribution in [0.2, 0.25) is 0 Å². The molecule has 1 heterocycles. The monoisotopic (exact) mass is 230 g/mol. The lowest BCUT2D eigenvalue weighted by atomic mass is 9.00. The van der Waals surface area contributed by atoms with Gasteiger partial charge >= 0.3 is 11.9 Å². The number of hydrogen-bond acceptors (Lipinski definition) is 3. The predicted molar refractivity (Wildman–Crippen MR) is 55.2 cm³/mol. The van der Waals surface area contributed by atoms with Crippen molar-refractivity contribution in [1.82, 2.24) is 0 Å². The normalized spacial score (nSPS) is 79.2. The van der Waals surface area contributed by atoms with Crippen LogP contribution in [0, 0.1) is 58.2 Å². The third-order valence-electron chi connectivity index (χ3n) is 8.32. The summed E-state index contributed by atoms with van der Waals surface area (Å²) in [5.41, 5.74) is 1.06. The third-order valence-corrected chi connectivity index (χ3v) is 8.32. The first-order chi connectivity index (χ1) is 8.04. The standard InChI is InChI=1S/C14H14O3/c1-13-7-5-3-4(12(16)17-11(3)15)6-9(7)14(13,2)10(6)8(5)13/h3-10H,1-2H3/t3-,4+,5?,6?,7-,8+,9+,10-,13?,14?. The number of cyclic esters (lactones) is 2. The summed E-state index contributed by atoms with van der Waals surface area (Å²) in [6.45, 7) is 4.84. The van der Waals surface area contributed by atoms with Crippen molar-refractivity contribution in [3.8, 4) is 0 Å². The molecule has 3 heteroatoms. The van der Waals surface area contributed by atoms with E-state index in [1.807, 2.05) is 0 Å². The van der Waals surface area contributed by atoms with Crippen molar-refractivity contribution in [2.24, 2.45) is 58.2 Å². The van der Waals surface area contributed by atoms with Crippen LogP contribution in [-0.2, 0) is 14.3 Å². The average molecular weight is 230 g/mol. The summed E-state index contributed by atoms with van der Waals surface area (Å²) in [4.78, 5) is 23.7. The highest BCUT2D eigenvalue weighted by Crippen LogP contribution is 3.03. The van der Waals surface area contributed by atoms with Gasteiger partial charge in [-0.2, -0.15) is 0 Å². The van der Waals surface area contributed by atoms with Crippen molar-refractivity contribution in [3.05, 3.63) is 0 Å². The highest BCUT2D eigenvalue weighted by Gasteiger charge is 3.02. The van der Waals surface area contributed by atoms with E-state index in [2.05, 4.69) is 13.8 Å². The third kappa shape index (κ3) is 0.407. The van der Waals surface area contributed by atoms with Gasteiger partial charge in [0.15, 0.2) is 0 Å². The molecule has 0 radical (unpaired) electrons. The van der Waals surface area contributed by atoms with Gasteiger partial charge in [0.25, 0.3) is 0 Å². The second kappa shape index (κ2) is 1.70. The second-order valence-corrected chi connectivity index (χ2v) is 7.61. The Morgan fingerprint density at radius 1 is 0.824 bits per heavy atom. The fraction of sp³-hybridized carbons (Fsp3) is 0.857. The van der Waals surface area contributed by atoms with E-state index in [9.17, 15) is 9.59 Å². The number of ether oxygens (including phenoxy) is 1. The van der Waals surface area contributed by atoms with E-state index >= 15 is 0 Å². The molecule has 17 heavy (non-hydrogen) atoms. The smallest absolute Gasteiger partial charge is 0.317 e. The van der Waals surface area contributed by atoms with Gasteiger partial charge in [-0.1, -0.05) is 13.8 Å². The van der Waals surface area contributed by atoms with E-state index in [1.54, 1.807) is 0 Å². The Hall–Kier alpha value is -0.860. The van der Waals surface area contributed by atoms with Gasteiger partial charge < -0.3 is 4.74 Å². The minimum atomic E-state index is -0.200. The van der Waals surface area contributed by atoms with Crippen molar-refractivity contribution >= 4 is 11.9 Å². The first kappa shape index (κ1) is 8.28. The number of carbonyl (C=O) groups is 2. The molecule has 6 aliphatic carbocycles. The first-order valence-corrected chi connectivity index (χ1v) is 6.80. The molecule has 4 unspecified atom stereocenters. The molecule has 0 aromatic carbocycles. The van der Waals surface area contributed by atoms with E-state index < -0.39 is 0 Å². The summed E-state index contributed by atoms with van der Waals surface area (Å²) in [6, 6.07) is 0. The van der Waals surface area contributed by atoms with Crippen LogP contribution in [0.5, 0.6) is 0 Å². The summed E-state index contributed by atoms with van der Waals surface area (Å²) >= 11 is 0. The molecule has 7 aliphatic rings. The maximum atomic E-state index is 11.8. The Bertz CT molecular complexity index is 482. The van der Waals surface area contributed by atoms with Crippen LogP contribution >= 0.6 is 0 Å². The summed E-state index contributed by atoms with van der Waals surface area (Å²) in [7, 11) is 0. The quantitative estimate of drug-likeness (QED) is 0.462. The number of carbonyl (C=O) groups excluding carboxylic acids is 2. The van der Waals surface area contributed by atoms with Gasteiger partial charge in [0.2, 0.25) is 0 Å². The van der Waals surface area contributed by atoms with E-state index in [-0.39, 0.29) is 23.8 Å². The van der Waals surface area contributed by atoms with Gasteiger partial charge in [-0.3, -0.25) is 9.59 Å². The lowest BCUT2D eigenvalue weighted by Crippen LogP contribution is -3.01. The van der Waals surface area contributed by atoms with Crippen LogP contribution in [-0.4, -0.2) is 11.9 Å². The predicted octanol–water partition coefficient (Wildman–Crippen LogP) is 1.08. The van der Waals surface area contributed by atoms with Crippen LogP contribution < -0.4 is 0 Å². The highest BCUT2D eigenvalue weighted by molar-refractivity contribution is 5.98. The second-order valence-electron chi connectivity index (χ2n) is 7.61. The molecule has 0 amide bonds. The Kier molecular flexibility index (Phi) is 0.830. The Labute approximate surface area is 98.9 Å². The Morgan fingerprint density at radius 2 is 1.18 bits per heavy atom. The average Bonchev–Trinajstić information content (AvgIpc) is 2.62. The van der Waals surface area contributed by atoms with Crippen LogP contribution in [0.25, 0.3) is 0 Å². The summed E-state index contributed by atoms with van der Waals surface area (Å²) in [5, 5.41) is 0. The zero-order chi connectivity index (χ0) is 11.5. The molecule has 0 aromatic heterocycles. The summed E-state index contributed by atoms with van der Waals surface area (Å²) < 4.78 is 4.92. The number of hydrogen-bond donors (Lipinski definition) is 0. The van der Waals surface area contributed by atoms with Crippen molar-refractivity contribution in [3.63, 3.8) is 0 Å². The molecule has 0 aromatic rings. The van der Waals surface area contributed by atoms with Crippen LogP contribution in [0.15, 0.2) is 0 Å². The number of rotatable bonds is 0. The van der Waals surface area contributed by atoms with Crippen molar-refractivity contribution in [2.45, 2.75) is 13.8 Å². The van der Waals surface area contributed by atoms with Crippen LogP contribution in [0.3, 0.4) is 0 Å². The molecule has 88 valence electrons. The molecule has 7 rings (SSSR count). The molecular weight excluding hydrogens is 216 g/mol. The molecular formula is C14H14O3. The highest BCUT2D eigenvalue weighted by atomic mass is 16.6. The largest absolute Gasteiger partial charge is 0.393 e. The maximum Gasteiger partial charge on any atom is 0.317 e. The van der Waals surface area contributed by atoms with Crippen molar-refractivity contribution in [2.75, 3.05) is 0 Å². The van der Waals surface area contributed by atoms with Gasteiger partial charge in [0, 0.05) is 0 Å². The fourth-order valence-corrected chi connectivity index (χ4v) is 8.16. The zero-order valence-electron chi connectivity index (χ0n) is 9.84. The first-order valence-electron chi connectivity index (χ1n) is 6.80. The summed E-state index contributed by atoms with van der Waals surface area (Å²) in [5.74, 6) is 3.49. The van der Waals surface area contributed by atoms with Gasteiger partial charge in [-0.15, -0.1) is 0 Å². The van der Waals surface area contributed by atoms with Gasteiger partial charge in [-0.25, -0.2) is 0 Å².